The molecule has 1 aliphatic rings. The van der Waals surface area contributed by atoms with Crippen LogP contribution in [0.15, 0.2) is 18.2 Å². The summed E-state index contributed by atoms with van der Waals surface area (Å²) < 4.78 is 15.5. The number of aliphatic hydroxyl groups is 2. The van der Waals surface area contributed by atoms with Gasteiger partial charge >= 0.3 is 0 Å². The summed E-state index contributed by atoms with van der Waals surface area (Å²) in [5.41, 5.74) is 4.09. The first-order valence-electron chi connectivity index (χ1n) is 10.9. The summed E-state index contributed by atoms with van der Waals surface area (Å²) >= 11 is 1.40. The van der Waals surface area contributed by atoms with Crippen molar-refractivity contribution in [2.75, 3.05) is 18.5 Å². The van der Waals surface area contributed by atoms with E-state index in [0.29, 0.717) is 29.1 Å². The minimum Gasteiger partial charge on any atom is -0.392 e. The van der Waals surface area contributed by atoms with E-state index in [1.54, 1.807) is 19.2 Å². The molecule has 3 N–H and O–H groups in total. The minimum atomic E-state index is -1.10. The zero-order valence-corrected chi connectivity index (χ0v) is 20.3. The first kappa shape index (κ1) is 23.4. The van der Waals surface area contributed by atoms with Crippen molar-refractivity contribution in [3.8, 4) is 11.1 Å². The summed E-state index contributed by atoms with van der Waals surface area (Å²) in [5, 5.41) is 28.4. The standard InChI is InChI=1S/C24H29FN4O3S/c1-12(2)10-29-23-20(22(31)28(5)24(29)32)19(16-8-6-7-15(11-30)21(16)25)18(33-23)9-17-13(3)26-27-14(17)4/h6-8,12,24,30,32H,9-11H2,1-5H3,(H,26,27). The van der Waals surface area contributed by atoms with E-state index in [4.69, 9.17) is 0 Å². The number of amides is 1. The maximum atomic E-state index is 15.5. The molecule has 1 atom stereocenters. The van der Waals surface area contributed by atoms with Crippen LogP contribution in [-0.2, 0) is 13.0 Å². The van der Waals surface area contributed by atoms with Gasteiger partial charge in [0.25, 0.3) is 5.91 Å². The van der Waals surface area contributed by atoms with Crippen molar-refractivity contribution in [1.82, 2.24) is 15.1 Å². The number of hydrogen-bond acceptors (Lipinski definition) is 6. The molecule has 0 aliphatic carbocycles. The van der Waals surface area contributed by atoms with Gasteiger partial charge < -0.3 is 15.1 Å². The van der Waals surface area contributed by atoms with Crippen LogP contribution in [0.3, 0.4) is 0 Å². The van der Waals surface area contributed by atoms with Gasteiger partial charge in [0.1, 0.15) is 10.8 Å². The molecule has 0 radical (unpaired) electrons. The Morgan fingerprint density at radius 2 is 2.00 bits per heavy atom. The average Bonchev–Trinajstić information content (AvgIpc) is 3.30. The van der Waals surface area contributed by atoms with Crippen LogP contribution >= 0.6 is 11.3 Å². The number of fused-ring (bicyclic) bond motifs is 1. The first-order valence-corrected chi connectivity index (χ1v) is 11.7. The molecule has 33 heavy (non-hydrogen) atoms. The lowest BCUT2D eigenvalue weighted by molar-refractivity contribution is 0.0133. The highest BCUT2D eigenvalue weighted by molar-refractivity contribution is 7.17. The Morgan fingerprint density at radius 3 is 2.61 bits per heavy atom. The molecule has 0 bridgehead atoms. The van der Waals surface area contributed by atoms with Crippen LogP contribution in [0.4, 0.5) is 9.39 Å². The van der Waals surface area contributed by atoms with Crippen LogP contribution < -0.4 is 4.90 Å². The third kappa shape index (κ3) is 3.94. The van der Waals surface area contributed by atoms with Gasteiger partial charge in [0.15, 0.2) is 0 Å². The molecule has 9 heteroatoms. The van der Waals surface area contributed by atoms with Gasteiger partial charge in [-0.25, -0.2) is 4.39 Å². The number of aromatic nitrogens is 2. The summed E-state index contributed by atoms with van der Waals surface area (Å²) in [4.78, 5) is 17.3. The number of H-pyrrole nitrogens is 1. The van der Waals surface area contributed by atoms with E-state index in [0.717, 1.165) is 21.8 Å². The van der Waals surface area contributed by atoms with Gasteiger partial charge in [0.05, 0.1) is 17.9 Å². The number of anilines is 1. The molecule has 1 unspecified atom stereocenters. The predicted octanol–water partition coefficient (Wildman–Crippen LogP) is 3.80. The Hall–Kier alpha value is -2.75. The zero-order valence-electron chi connectivity index (χ0n) is 19.4. The lowest BCUT2D eigenvalue weighted by Gasteiger charge is -2.40. The molecule has 7 nitrogen and oxygen atoms in total. The smallest absolute Gasteiger partial charge is 0.260 e. The number of carbonyl (C=O) groups is 1. The van der Waals surface area contributed by atoms with E-state index in [-0.39, 0.29) is 23.0 Å². The Morgan fingerprint density at radius 1 is 1.27 bits per heavy atom. The highest BCUT2D eigenvalue weighted by Gasteiger charge is 2.40. The molecule has 3 aromatic rings. The maximum Gasteiger partial charge on any atom is 0.260 e. The van der Waals surface area contributed by atoms with E-state index < -0.39 is 18.8 Å². The minimum absolute atomic E-state index is 0.171. The number of rotatable bonds is 6. The normalized spacial score (nSPS) is 16.2. The molecular formula is C24H29FN4O3S. The van der Waals surface area contributed by atoms with Gasteiger partial charge in [-0.2, -0.15) is 5.10 Å². The summed E-state index contributed by atoms with van der Waals surface area (Å²) in [5.74, 6) is -0.667. The van der Waals surface area contributed by atoms with Crippen molar-refractivity contribution in [1.29, 1.82) is 0 Å². The van der Waals surface area contributed by atoms with Gasteiger partial charge in [-0.1, -0.05) is 32.0 Å². The van der Waals surface area contributed by atoms with Crippen molar-refractivity contribution in [3.63, 3.8) is 0 Å². The van der Waals surface area contributed by atoms with Gasteiger partial charge in [0, 0.05) is 52.8 Å². The van der Waals surface area contributed by atoms with E-state index in [1.165, 1.54) is 22.3 Å². The molecule has 2 aromatic heterocycles. The zero-order chi connectivity index (χ0) is 24.0. The van der Waals surface area contributed by atoms with Crippen LogP contribution in [0.2, 0.25) is 0 Å². The largest absolute Gasteiger partial charge is 0.392 e. The lowest BCUT2D eigenvalue weighted by atomic mass is 9.94. The van der Waals surface area contributed by atoms with Crippen molar-refractivity contribution >= 4 is 22.2 Å². The number of aryl methyl sites for hydroxylation is 2. The van der Waals surface area contributed by atoms with Crippen molar-refractivity contribution in [2.24, 2.45) is 5.92 Å². The summed E-state index contributed by atoms with van der Waals surface area (Å²) in [7, 11) is 1.55. The number of benzene rings is 1. The maximum absolute atomic E-state index is 15.5. The Bertz CT molecular complexity index is 1180. The number of nitrogens with zero attached hydrogens (tertiary/aromatic N) is 3. The monoisotopic (exact) mass is 472 g/mol. The number of hydrogen-bond donors (Lipinski definition) is 3. The highest BCUT2D eigenvalue weighted by atomic mass is 32.1. The fourth-order valence-corrected chi connectivity index (χ4v) is 5.67. The molecular weight excluding hydrogens is 443 g/mol. The van der Waals surface area contributed by atoms with E-state index in [2.05, 4.69) is 10.2 Å². The van der Waals surface area contributed by atoms with Crippen LogP contribution in [0, 0.1) is 25.6 Å². The summed E-state index contributed by atoms with van der Waals surface area (Å²) in [6.45, 7) is 8.03. The second-order valence-corrected chi connectivity index (χ2v) is 10.00. The number of halogens is 1. The third-order valence-corrected chi connectivity index (χ3v) is 7.31. The molecule has 1 aliphatic heterocycles. The van der Waals surface area contributed by atoms with Crippen molar-refractivity contribution in [2.45, 2.75) is 47.1 Å². The summed E-state index contributed by atoms with van der Waals surface area (Å²) in [6.07, 6.45) is -0.634. The third-order valence-electron chi connectivity index (χ3n) is 6.08. The van der Waals surface area contributed by atoms with Crippen molar-refractivity contribution < 1.29 is 19.4 Å². The molecule has 0 saturated carbocycles. The van der Waals surface area contributed by atoms with E-state index in [1.807, 2.05) is 32.6 Å². The summed E-state index contributed by atoms with van der Waals surface area (Å²) in [6, 6.07) is 4.86. The van der Waals surface area contributed by atoms with Gasteiger partial charge in [0.2, 0.25) is 6.35 Å². The lowest BCUT2D eigenvalue weighted by Crippen LogP contribution is -2.54. The van der Waals surface area contributed by atoms with E-state index >= 15 is 4.39 Å². The Kier molecular flexibility index (Phi) is 6.30. The second-order valence-electron chi connectivity index (χ2n) is 8.92. The molecule has 0 saturated heterocycles. The molecule has 1 amide bonds. The SMILES string of the molecule is Cc1n[nH]c(C)c1Cc1sc2c(c1-c1cccc(CO)c1F)C(=O)N(C)C(O)N2CC(C)C. The average molecular weight is 473 g/mol. The fourth-order valence-electron chi connectivity index (χ4n) is 4.33. The van der Waals surface area contributed by atoms with Gasteiger partial charge in [-0.3, -0.25) is 14.8 Å². The molecule has 4 rings (SSSR count). The Balaban J connectivity index is 2.00. The van der Waals surface area contributed by atoms with Crippen LogP contribution in [0.5, 0.6) is 0 Å². The Labute approximate surface area is 196 Å². The number of nitrogens with one attached hydrogen (secondary N) is 1. The molecule has 1 aromatic carbocycles. The quantitative estimate of drug-likeness (QED) is 0.508. The molecule has 0 spiro atoms. The number of aliphatic hydroxyl groups excluding tert-OH is 2. The number of aromatic amines is 1. The number of thiophene rings is 1. The predicted molar refractivity (Wildman–Crippen MR) is 127 cm³/mol. The van der Waals surface area contributed by atoms with Crippen LogP contribution in [0.1, 0.15) is 51.6 Å². The fraction of sp³-hybridized carbons (Fsp3) is 0.417. The van der Waals surface area contributed by atoms with Crippen molar-refractivity contribution in [3.05, 3.63) is 57.0 Å². The topological polar surface area (TPSA) is 92.7 Å². The molecule has 3 heterocycles. The van der Waals surface area contributed by atoms with Crippen LogP contribution in [0.25, 0.3) is 11.1 Å². The molecule has 0 fully saturated rings. The molecule has 176 valence electrons. The highest BCUT2D eigenvalue weighted by Crippen LogP contribution is 2.47. The van der Waals surface area contributed by atoms with E-state index in [9.17, 15) is 15.0 Å². The van der Waals surface area contributed by atoms with Gasteiger partial charge in [-0.15, -0.1) is 11.3 Å². The first-order chi connectivity index (χ1) is 15.6. The number of carbonyl (C=O) groups excluding carboxylic acids is 1. The van der Waals surface area contributed by atoms with Gasteiger partial charge in [-0.05, 0) is 19.8 Å². The van der Waals surface area contributed by atoms with Crippen LogP contribution in [-0.4, -0.2) is 51.2 Å². The second kappa shape index (κ2) is 8.89.